The Morgan fingerprint density at radius 2 is 1.86 bits per heavy atom. The van der Waals surface area contributed by atoms with Crippen molar-refractivity contribution in [1.29, 1.82) is 0 Å². The van der Waals surface area contributed by atoms with Crippen LogP contribution in [0.4, 0.5) is 10.2 Å². The molecule has 3 atom stereocenters. The zero-order valence-corrected chi connectivity index (χ0v) is 16.4. The predicted octanol–water partition coefficient (Wildman–Crippen LogP) is -0.0271. The molecule has 0 aliphatic carbocycles. The van der Waals surface area contributed by atoms with Crippen LogP contribution in [0.3, 0.4) is 0 Å². The van der Waals surface area contributed by atoms with Gasteiger partial charge in [0.2, 0.25) is 0 Å². The third kappa shape index (κ3) is 6.64. The highest BCUT2D eigenvalue weighted by atomic mass is 31.3. The molecule has 0 amide bonds. The Morgan fingerprint density at radius 3 is 2.46 bits per heavy atom. The van der Waals surface area contributed by atoms with Gasteiger partial charge in [-0.1, -0.05) is 0 Å². The van der Waals surface area contributed by atoms with Crippen LogP contribution < -0.4 is 5.73 Å². The van der Waals surface area contributed by atoms with Crippen LogP contribution in [0.1, 0.15) is 5.69 Å². The fraction of sp³-hybridized carbons (Fsp3) is 0.444. The zero-order valence-electron chi connectivity index (χ0n) is 13.7. The highest BCUT2D eigenvalue weighted by molar-refractivity contribution is 7.68. The molecule has 2 aromatic rings. The number of phosphoric acid groups is 2. The van der Waals surface area contributed by atoms with Crippen molar-refractivity contribution in [3.8, 4) is 0 Å². The topological polar surface area (TPSA) is 229 Å². The highest BCUT2D eigenvalue weighted by Gasteiger charge is 2.40. The number of imidazole rings is 1. The molecule has 0 aliphatic heterocycles. The van der Waals surface area contributed by atoms with Gasteiger partial charge >= 0.3 is 23.2 Å². The molecule has 0 radical (unpaired) electrons. The van der Waals surface area contributed by atoms with Crippen molar-refractivity contribution in [1.82, 2.24) is 19.6 Å². The summed E-state index contributed by atoms with van der Waals surface area (Å²) >= 11 is 0. The van der Waals surface area contributed by atoms with Crippen molar-refractivity contribution in [3.63, 3.8) is 0 Å². The molecule has 19 heteroatoms. The third-order valence-electron chi connectivity index (χ3n) is 2.92. The lowest BCUT2D eigenvalue weighted by Crippen LogP contribution is -2.21. The molecule has 0 saturated heterocycles. The minimum atomic E-state index is -5.59. The Bertz CT molecular complexity index is 981. The van der Waals surface area contributed by atoms with E-state index < -0.39 is 42.4 Å². The van der Waals surface area contributed by atoms with Gasteiger partial charge in [-0.25, -0.2) is 32.3 Å². The predicted molar refractivity (Wildman–Crippen MR) is 88.5 cm³/mol. The maximum absolute atomic E-state index is 13.2. The first-order valence-corrected chi connectivity index (χ1v) is 11.8. The van der Waals surface area contributed by atoms with Gasteiger partial charge in [-0.3, -0.25) is 4.57 Å². The fourth-order valence-electron chi connectivity index (χ4n) is 1.95. The lowest BCUT2D eigenvalue weighted by molar-refractivity contribution is 0.0549. The molecule has 2 heterocycles. The average Bonchev–Trinajstić information content (AvgIpc) is 2.92. The third-order valence-corrected chi connectivity index (χ3v) is 6.92. The van der Waals surface area contributed by atoms with Gasteiger partial charge in [-0.05, 0) is 0 Å². The Balaban J connectivity index is 2.02. The second kappa shape index (κ2) is 8.59. The Hall–Kier alpha value is -1.31. The van der Waals surface area contributed by atoms with Crippen LogP contribution in [0, 0.1) is 0 Å². The number of nitrogens with zero attached hydrogens (tertiary/aromatic N) is 4. The van der Waals surface area contributed by atoms with E-state index in [2.05, 4.69) is 23.7 Å². The molecule has 2 aromatic heterocycles. The van der Waals surface area contributed by atoms with E-state index in [0.717, 1.165) is 6.33 Å². The van der Waals surface area contributed by atoms with Crippen LogP contribution in [0.15, 0.2) is 12.5 Å². The van der Waals surface area contributed by atoms with Gasteiger partial charge < -0.3 is 30.0 Å². The standard InChI is InChI=1S/C9H15FN5O10P3/c10-2-7(1-6-3-12-9-8(11)13-4-14-15(6)9)23-5-26(16,17)24-28(21,22)25-27(18,19)20/h3-4,7H,1-2,5H2,(H,16,17)(H,21,22)(H2,11,13,14)(H2,18,19,20)/t7-/m1/s1. The van der Waals surface area contributed by atoms with Crippen LogP contribution in [0.5, 0.6) is 0 Å². The maximum Gasteiger partial charge on any atom is 0.488 e. The largest absolute Gasteiger partial charge is 0.488 e. The normalized spacial score (nSPS) is 17.9. The van der Waals surface area contributed by atoms with E-state index in [1.165, 1.54) is 10.7 Å². The number of aromatic nitrogens is 4. The molecular weight excluding hydrogens is 450 g/mol. The summed E-state index contributed by atoms with van der Waals surface area (Å²) in [5.41, 5.74) is 6.12. The minimum absolute atomic E-state index is 0.0657. The molecule has 15 nitrogen and oxygen atoms in total. The summed E-state index contributed by atoms with van der Waals surface area (Å²) in [5, 5.41) is 3.88. The molecule has 0 spiro atoms. The van der Waals surface area contributed by atoms with Crippen molar-refractivity contribution in [2.45, 2.75) is 12.5 Å². The molecule has 6 N–H and O–H groups in total. The van der Waals surface area contributed by atoms with Crippen molar-refractivity contribution < 1.29 is 51.0 Å². The number of ether oxygens (including phenoxy) is 1. The van der Waals surface area contributed by atoms with Crippen LogP contribution in [0.2, 0.25) is 0 Å². The van der Waals surface area contributed by atoms with Crippen molar-refractivity contribution >= 4 is 34.7 Å². The summed E-state index contributed by atoms with van der Waals surface area (Å²) in [6, 6.07) is 0. The average molecular weight is 465 g/mol. The van der Waals surface area contributed by atoms with E-state index in [-0.39, 0.29) is 17.9 Å². The summed E-state index contributed by atoms with van der Waals surface area (Å²) in [4.78, 5) is 43.1. The van der Waals surface area contributed by atoms with Crippen LogP contribution >= 0.6 is 23.2 Å². The van der Waals surface area contributed by atoms with Gasteiger partial charge in [0.25, 0.3) is 0 Å². The fourth-order valence-corrected chi connectivity index (χ4v) is 5.29. The first-order chi connectivity index (χ1) is 12.8. The molecule has 0 fully saturated rings. The molecule has 2 rings (SSSR count). The van der Waals surface area contributed by atoms with Crippen molar-refractivity contribution in [2.75, 3.05) is 18.8 Å². The van der Waals surface area contributed by atoms with E-state index in [1.54, 1.807) is 0 Å². The van der Waals surface area contributed by atoms with Crippen molar-refractivity contribution in [2.24, 2.45) is 0 Å². The number of halogens is 1. The summed E-state index contributed by atoms with van der Waals surface area (Å²) in [6.45, 7) is -1.14. The van der Waals surface area contributed by atoms with E-state index in [0.29, 0.717) is 5.69 Å². The first-order valence-electron chi connectivity index (χ1n) is 7.05. The number of fused-ring (bicyclic) bond motifs is 1. The molecule has 0 saturated carbocycles. The monoisotopic (exact) mass is 465 g/mol. The van der Waals surface area contributed by atoms with Gasteiger partial charge in [0.15, 0.2) is 11.5 Å². The SMILES string of the molecule is Nc1ncnn2c(C[C@H](CF)OCP(=O)(O)OP(=O)(O)OP(=O)(O)O)cnc12. The number of rotatable bonds is 10. The first kappa shape index (κ1) is 23.0. The van der Waals surface area contributed by atoms with Crippen LogP contribution in [0.25, 0.3) is 5.65 Å². The number of nitrogen functional groups attached to an aromatic ring is 1. The second-order valence-electron chi connectivity index (χ2n) is 5.17. The smallest absolute Gasteiger partial charge is 0.381 e. The molecular formula is C9H15FN5O10P3. The summed E-state index contributed by atoms with van der Waals surface area (Å²) in [7, 11) is -16.1. The van der Waals surface area contributed by atoms with Gasteiger partial charge in [-0.15, -0.1) is 0 Å². The molecule has 0 aliphatic rings. The van der Waals surface area contributed by atoms with Crippen LogP contribution in [-0.4, -0.2) is 58.3 Å². The number of nitrogens with two attached hydrogens (primary N) is 1. The number of hydrogen-bond acceptors (Lipinski definition) is 10. The van der Waals surface area contributed by atoms with Gasteiger partial charge in [0, 0.05) is 6.42 Å². The molecule has 158 valence electrons. The molecule has 28 heavy (non-hydrogen) atoms. The van der Waals surface area contributed by atoms with E-state index in [4.69, 9.17) is 25.2 Å². The van der Waals surface area contributed by atoms with E-state index in [9.17, 15) is 23.0 Å². The second-order valence-corrected chi connectivity index (χ2v) is 9.92. The number of anilines is 1. The lowest BCUT2D eigenvalue weighted by Gasteiger charge is -2.19. The summed E-state index contributed by atoms with van der Waals surface area (Å²) < 4.78 is 60.2. The summed E-state index contributed by atoms with van der Waals surface area (Å²) in [6.07, 6.45) is -0.346. The molecule has 2 unspecified atom stereocenters. The van der Waals surface area contributed by atoms with Gasteiger partial charge in [-0.2, -0.15) is 9.41 Å². The van der Waals surface area contributed by atoms with Crippen molar-refractivity contribution in [3.05, 3.63) is 18.2 Å². The van der Waals surface area contributed by atoms with Crippen LogP contribution in [-0.2, 0) is 33.5 Å². The minimum Gasteiger partial charge on any atom is -0.381 e. The number of hydrogen-bond donors (Lipinski definition) is 5. The number of alkyl halides is 1. The van der Waals surface area contributed by atoms with E-state index in [1.807, 2.05) is 0 Å². The Kier molecular flexibility index (Phi) is 7.05. The Labute approximate surface area is 155 Å². The molecule has 0 aromatic carbocycles. The van der Waals surface area contributed by atoms with Gasteiger partial charge in [0.1, 0.15) is 19.3 Å². The molecule has 0 bridgehead atoms. The summed E-state index contributed by atoms with van der Waals surface area (Å²) in [5.74, 6) is 0.0657. The quantitative estimate of drug-likeness (QED) is 0.290. The zero-order chi connectivity index (χ0) is 21.2. The van der Waals surface area contributed by atoms with E-state index >= 15 is 0 Å². The van der Waals surface area contributed by atoms with Gasteiger partial charge in [0.05, 0.1) is 18.0 Å². The highest BCUT2D eigenvalue weighted by Crippen LogP contribution is 2.65. The lowest BCUT2D eigenvalue weighted by atomic mass is 10.2. The maximum atomic E-state index is 13.2. The Morgan fingerprint density at radius 1 is 1.18 bits per heavy atom.